The molecule has 1 aliphatic rings. The number of amides is 2. The molecule has 3 rings (SSSR count). The summed E-state index contributed by atoms with van der Waals surface area (Å²) in [6.07, 6.45) is 0.715. The minimum Gasteiger partial charge on any atom is -0.494 e. The predicted octanol–water partition coefficient (Wildman–Crippen LogP) is 3.69. The summed E-state index contributed by atoms with van der Waals surface area (Å²) in [6, 6.07) is 16.6. The molecule has 0 spiro atoms. The number of carbonyl (C=O) groups is 2. The van der Waals surface area contributed by atoms with Crippen LogP contribution in [0.25, 0.3) is 5.57 Å². The fourth-order valence-electron chi connectivity index (χ4n) is 2.97. The van der Waals surface area contributed by atoms with E-state index in [2.05, 4.69) is 5.32 Å². The Morgan fingerprint density at radius 3 is 2.42 bits per heavy atom. The maximum atomic E-state index is 12.9. The van der Waals surface area contributed by atoms with Gasteiger partial charge in [-0.2, -0.15) is 0 Å². The molecule has 2 aromatic rings. The largest absolute Gasteiger partial charge is 0.494 e. The van der Waals surface area contributed by atoms with Gasteiger partial charge in [-0.3, -0.25) is 14.5 Å². The van der Waals surface area contributed by atoms with E-state index in [9.17, 15) is 9.59 Å². The summed E-state index contributed by atoms with van der Waals surface area (Å²) in [4.78, 5) is 27.0. The Balaban J connectivity index is 2.01. The normalized spacial score (nSPS) is 14.2. The van der Waals surface area contributed by atoms with Crippen LogP contribution in [0.2, 0.25) is 0 Å². The van der Waals surface area contributed by atoms with Crippen LogP contribution in [0.5, 0.6) is 5.75 Å². The van der Waals surface area contributed by atoms with Crippen molar-refractivity contribution in [3.8, 4) is 5.75 Å². The average molecular weight is 350 g/mol. The van der Waals surface area contributed by atoms with Crippen molar-refractivity contribution in [1.82, 2.24) is 4.90 Å². The molecule has 5 nitrogen and oxygen atoms in total. The van der Waals surface area contributed by atoms with Gasteiger partial charge < -0.3 is 10.1 Å². The van der Waals surface area contributed by atoms with Gasteiger partial charge in [0.15, 0.2) is 0 Å². The highest BCUT2D eigenvalue weighted by Gasteiger charge is 2.38. The zero-order valence-corrected chi connectivity index (χ0v) is 15.0. The van der Waals surface area contributed by atoms with E-state index in [4.69, 9.17) is 4.74 Å². The van der Waals surface area contributed by atoms with Crippen LogP contribution in [-0.4, -0.2) is 29.9 Å². The highest BCUT2D eigenvalue weighted by molar-refractivity contribution is 6.36. The third-order valence-corrected chi connectivity index (χ3v) is 4.09. The van der Waals surface area contributed by atoms with Crippen LogP contribution in [0.3, 0.4) is 0 Å². The first kappa shape index (κ1) is 17.7. The molecule has 0 saturated heterocycles. The van der Waals surface area contributed by atoms with Crippen LogP contribution >= 0.6 is 0 Å². The number of hydrogen-bond donors (Lipinski definition) is 1. The Morgan fingerprint density at radius 1 is 0.962 bits per heavy atom. The summed E-state index contributed by atoms with van der Waals surface area (Å²) in [5, 5.41) is 3.14. The molecule has 0 aliphatic carbocycles. The van der Waals surface area contributed by atoms with Crippen molar-refractivity contribution in [2.75, 3.05) is 18.5 Å². The van der Waals surface area contributed by atoms with Crippen molar-refractivity contribution in [3.63, 3.8) is 0 Å². The second-order valence-electron chi connectivity index (χ2n) is 5.96. The van der Waals surface area contributed by atoms with Gasteiger partial charge in [0.2, 0.25) is 0 Å². The number of ether oxygens (including phenoxy) is 1. The minimum absolute atomic E-state index is 0.258. The molecule has 2 amide bonds. The minimum atomic E-state index is -0.294. The second-order valence-corrected chi connectivity index (χ2v) is 5.96. The third kappa shape index (κ3) is 3.47. The molecule has 0 atom stereocenters. The molecule has 2 aromatic carbocycles. The van der Waals surface area contributed by atoms with Crippen LogP contribution in [0.1, 0.15) is 25.8 Å². The standard InChI is InChI=1S/C21H22N2O3/c1-3-13-23-20(24)18(15-9-6-5-7-10-15)19(21(23)25)22-16-11-8-12-17(14-16)26-4-2/h5-12,14,22H,3-4,13H2,1-2H3. The number of nitrogens with zero attached hydrogens (tertiary/aromatic N) is 1. The van der Waals surface area contributed by atoms with Gasteiger partial charge >= 0.3 is 0 Å². The van der Waals surface area contributed by atoms with Crippen molar-refractivity contribution < 1.29 is 14.3 Å². The molecule has 134 valence electrons. The Labute approximate surface area is 153 Å². The number of rotatable bonds is 7. The monoisotopic (exact) mass is 350 g/mol. The maximum Gasteiger partial charge on any atom is 0.278 e. The Kier molecular flexibility index (Phi) is 5.37. The van der Waals surface area contributed by atoms with E-state index in [1.165, 1.54) is 4.90 Å². The summed E-state index contributed by atoms with van der Waals surface area (Å²) < 4.78 is 5.51. The third-order valence-electron chi connectivity index (χ3n) is 4.09. The number of imide groups is 1. The Hall–Kier alpha value is -3.08. The number of carbonyl (C=O) groups excluding carboxylic acids is 2. The quantitative estimate of drug-likeness (QED) is 0.774. The molecule has 5 heteroatoms. The van der Waals surface area contributed by atoms with Crippen LogP contribution < -0.4 is 10.1 Å². The van der Waals surface area contributed by atoms with E-state index < -0.39 is 0 Å². The maximum absolute atomic E-state index is 12.9. The van der Waals surface area contributed by atoms with E-state index >= 15 is 0 Å². The SMILES string of the molecule is CCCN1C(=O)C(Nc2cccc(OCC)c2)=C(c2ccccc2)C1=O. The van der Waals surface area contributed by atoms with Gasteiger partial charge in [-0.15, -0.1) is 0 Å². The van der Waals surface area contributed by atoms with Crippen molar-refractivity contribution in [2.24, 2.45) is 0 Å². The van der Waals surface area contributed by atoms with E-state index in [-0.39, 0.29) is 11.8 Å². The number of nitrogens with one attached hydrogen (secondary N) is 1. The summed E-state index contributed by atoms with van der Waals surface area (Å²) in [5.41, 5.74) is 2.15. The van der Waals surface area contributed by atoms with Crippen LogP contribution in [0.4, 0.5) is 5.69 Å². The molecule has 26 heavy (non-hydrogen) atoms. The van der Waals surface area contributed by atoms with Gasteiger partial charge in [-0.25, -0.2) is 0 Å². The summed E-state index contributed by atoms with van der Waals surface area (Å²) in [6.45, 7) is 4.82. The number of benzene rings is 2. The smallest absolute Gasteiger partial charge is 0.278 e. The van der Waals surface area contributed by atoms with E-state index in [1.54, 1.807) is 0 Å². The highest BCUT2D eigenvalue weighted by atomic mass is 16.5. The van der Waals surface area contributed by atoms with Crippen molar-refractivity contribution in [3.05, 3.63) is 65.9 Å². The first-order valence-electron chi connectivity index (χ1n) is 8.81. The Morgan fingerprint density at radius 2 is 1.73 bits per heavy atom. The van der Waals surface area contributed by atoms with E-state index in [0.29, 0.717) is 42.3 Å². The predicted molar refractivity (Wildman–Crippen MR) is 102 cm³/mol. The molecule has 0 fully saturated rings. The lowest BCUT2D eigenvalue weighted by atomic mass is 10.0. The van der Waals surface area contributed by atoms with Crippen molar-refractivity contribution in [1.29, 1.82) is 0 Å². The molecule has 0 unspecified atom stereocenters. The van der Waals surface area contributed by atoms with Gasteiger partial charge in [-0.05, 0) is 31.0 Å². The molecule has 0 aromatic heterocycles. The first-order chi connectivity index (χ1) is 12.7. The molecule has 1 N–H and O–H groups in total. The molecular weight excluding hydrogens is 328 g/mol. The molecule has 0 radical (unpaired) electrons. The molecule has 1 heterocycles. The van der Waals surface area contributed by atoms with Crippen molar-refractivity contribution >= 4 is 23.1 Å². The average Bonchev–Trinajstić information content (AvgIpc) is 2.88. The van der Waals surface area contributed by atoms with E-state index in [0.717, 1.165) is 5.56 Å². The van der Waals surface area contributed by atoms with Crippen LogP contribution in [-0.2, 0) is 9.59 Å². The fraction of sp³-hybridized carbons (Fsp3) is 0.238. The summed E-state index contributed by atoms with van der Waals surface area (Å²) in [5.74, 6) is 0.158. The molecule has 0 saturated carbocycles. The van der Waals surface area contributed by atoms with Gasteiger partial charge in [-0.1, -0.05) is 43.3 Å². The zero-order valence-electron chi connectivity index (χ0n) is 15.0. The van der Waals surface area contributed by atoms with Crippen LogP contribution in [0, 0.1) is 0 Å². The summed E-state index contributed by atoms with van der Waals surface area (Å²) in [7, 11) is 0. The fourth-order valence-corrected chi connectivity index (χ4v) is 2.97. The topological polar surface area (TPSA) is 58.6 Å². The van der Waals surface area contributed by atoms with Gasteiger partial charge in [0.1, 0.15) is 11.4 Å². The number of anilines is 1. The molecule has 1 aliphatic heterocycles. The molecular formula is C21H22N2O3. The zero-order chi connectivity index (χ0) is 18.5. The van der Waals surface area contributed by atoms with Gasteiger partial charge in [0.05, 0.1) is 12.2 Å². The van der Waals surface area contributed by atoms with Crippen molar-refractivity contribution in [2.45, 2.75) is 20.3 Å². The van der Waals surface area contributed by atoms with Gasteiger partial charge in [0, 0.05) is 18.3 Å². The highest BCUT2D eigenvalue weighted by Crippen LogP contribution is 2.31. The summed E-state index contributed by atoms with van der Waals surface area (Å²) >= 11 is 0. The number of hydrogen-bond acceptors (Lipinski definition) is 4. The lowest BCUT2D eigenvalue weighted by Gasteiger charge is -2.14. The van der Waals surface area contributed by atoms with Gasteiger partial charge in [0.25, 0.3) is 11.8 Å². The lowest BCUT2D eigenvalue weighted by Crippen LogP contribution is -2.33. The lowest BCUT2D eigenvalue weighted by molar-refractivity contribution is -0.136. The Bertz CT molecular complexity index is 843. The van der Waals surface area contributed by atoms with Crippen LogP contribution in [0.15, 0.2) is 60.3 Å². The molecule has 0 bridgehead atoms. The second kappa shape index (κ2) is 7.87. The van der Waals surface area contributed by atoms with E-state index in [1.807, 2.05) is 68.4 Å². The first-order valence-corrected chi connectivity index (χ1v) is 8.81.